The van der Waals surface area contributed by atoms with Gasteiger partial charge >= 0.3 is 0 Å². The summed E-state index contributed by atoms with van der Waals surface area (Å²) in [5.74, 6) is 0.365. The summed E-state index contributed by atoms with van der Waals surface area (Å²) in [7, 11) is 3.09. The lowest BCUT2D eigenvalue weighted by Crippen LogP contribution is -2.28. The van der Waals surface area contributed by atoms with Crippen molar-refractivity contribution in [2.24, 2.45) is 5.92 Å². The third kappa shape index (κ3) is 3.75. The lowest BCUT2D eigenvalue weighted by Gasteiger charge is -2.20. The minimum atomic E-state index is -0.451. The van der Waals surface area contributed by atoms with E-state index in [-0.39, 0.29) is 24.8 Å². The van der Waals surface area contributed by atoms with Crippen molar-refractivity contribution in [3.8, 4) is 11.5 Å². The molecule has 0 radical (unpaired) electrons. The van der Waals surface area contributed by atoms with E-state index < -0.39 is 5.92 Å². The number of hydrogen-bond acceptors (Lipinski definition) is 4. The highest BCUT2D eigenvalue weighted by Crippen LogP contribution is 2.36. The fraction of sp³-hybridized carbons (Fsp3) is 0.263. The summed E-state index contributed by atoms with van der Waals surface area (Å²) in [5, 5.41) is 3.35. The molecule has 0 unspecified atom stereocenters. The van der Waals surface area contributed by atoms with Gasteiger partial charge in [0.25, 0.3) is 0 Å². The van der Waals surface area contributed by atoms with Crippen LogP contribution in [0.25, 0.3) is 0 Å². The van der Waals surface area contributed by atoms with E-state index in [1.807, 2.05) is 0 Å². The fourth-order valence-electron chi connectivity index (χ4n) is 2.93. The van der Waals surface area contributed by atoms with Crippen molar-refractivity contribution >= 4 is 34.8 Å². The second-order valence-electron chi connectivity index (χ2n) is 5.94. The van der Waals surface area contributed by atoms with Gasteiger partial charge in [0.2, 0.25) is 11.8 Å². The van der Waals surface area contributed by atoms with Crippen LogP contribution in [0.4, 0.5) is 11.4 Å². The number of carbonyl (C=O) groups is 2. The Hall–Kier alpha value is -2.73. The van der Waals surface area contributed by atoms with Crippen LogP contribution in [0.2, 0.25) is 5.02 Å². The van der Waals surface area contributed by atoms with Crippen LogP contribution in [0, 0.1) is 5.92 Å². The maximum atomic E-state index is 12.5. The van der Waals surface area contributed by atoms with Gasteiger partial charge in [-0.3, -0.25) is 9.59 Å². The molecule has 1 fully saturated rings. The van der Waals surface area contributed by atoms with Crippen LogP contribution < -0.4 is 19.7 Å². The van der Waals surface area contributed by atoms with Crippen molar-refractivity contribution in [2.45, 2.75) is 6.42 Å². The molecule has 3 rings (SSSR count). The number of nitrogens with zero attached hydrogens (tertiary/aromatic N) is 1. The number of halogens is 1. The molecule has 1 saturated heterocycles. The standard InChI is InChI=1S/C19H19ClN2O4/c1-25-15-6-7-16(17(10-15)26-2)22-11-12(8-18(22)23)19(24)21-14-5-3-4-13(20)9-14/h3-7,9-10,12H,8,11H2,1-2H3,(H,21,24)/t12-/m1/s1. The van der Waals surface area contributed by atoms with Crippen LogP contribution in [-0.2, 0) is 9.59 Å². The van der Waals surface area contributed by atoms with E-state index in [1.165, 1.54) is 7.11 Å². The Labute approximate surface area is 156 Å². The molecular weight excluding hydrogens is 356 g/mol. The van der Waals surface area contributed by atoms with E-state index in [1.54, 1.807) is 54.5 Å². The Bertz CT molecular complexity index is 840. The molecule has 136 valence electrons. The lowest BCUT2D eigenvalue weighted by molar-refractivity contribution is -0.122. The molecule has 0 saturated carbocycles. The zero-order chi connectivity index (χ0) is 18.7. The predicted octanol–water partition coefficient (Wildman–Crippen LogP) is 3.35. The molecule has 2 amide bonds. The summed E-state index contributed by atoms with van der Waals surface area (Å²) in [6.07, 6.45) is 0.140. The SMILES string of the molecule is COc1ccc(N2C[C@H](C(=O)Nc3cccc(Cl)c3)CC2=O)c(OC)c1. The van der Waals surface area contributed by atoms with Crippen molar-refractivity contribution in [1.29, 1.82) is 0 Å². The molecule has 0 bridgehead atoms. The second-order valence-corrected chi connectivity index (χ2v) is 6.38. The monoisotopic (exact) mass is 374 g/mol. The number of methoxy groups -OCH3 is 2. The average Bonchev–Trinajstić information content (AvgIpc) is 3.03. The molecule has 7 heteroatoms. The van der Waals surface area contributed by atoms with E-state index >= 15 is 0 Å². The van der Waals surface area contributed by atoms with Crippen molar-refractivity contribution in [2.75, 3.05) is 31.0 Å². The van der Waals surface area contributed by atoms with Crippen LogP contribution >= 0.6 is 11.6 Å². The van der Waals surface area contributed by atoms with Crippen molar-refractivity contribution in [3.63, 3.8) is 0 Å². The van der Waals surface area contributed by atoms with E-state index in [0.29, 0.717) is 27.9 Å². The fourth-order valence-corrected chi connectivity index (χ4v) is 3.12. The first kappa shape index (κ1) is 18.1. The normalized spacial score (nSPS) is 16.5. The minimum absolute atomic E-state index is 0.125. The number of anilines is 2. The van der Waals surface area contributed by atoms with E-state index in [0.717, 1.165) is 0 Å². The van der Waals surface area contributed by atoms with E-state index in [4.69, 9.17) is 21.1 Å². The predicted molar refractivity (Wildman–Crippen MR) is 100 cm³/mol. The summed E-state index contributed by atoms with van der Waals surface area (Å²) >= 11 is 5.93. The third-order valence-electron chi connectivity index (χ3n) is 4.27. The van der Waals surface area contributed by atoms with Gasteiger partial charge < -0.3 is 19.7 Å². The first-order valence-corrected chi connectivity index (χ1v) is 8.48. The van der Waals surface area contributed by atoms with Gasteiger partial charge in [0.15, 0.2) is 0 Å². The highest BCUT2D eigenvalue weighted by molar-refractivity contribution is 6.30. The molecule has 26 heavy (non-hydrogen) atoms. The first-order chi connectivity index (χ1) is 12.5. The summed E-state index contributed by atoms with van der Waals surface area (Å²) in [5.41, 5.74) is 1.23. The molecule has 1 atom stereocenters. The largest absolute Gasteiger partial charge is 0.497 e. The first-order valence-electron chi connectivity index (χ1n) is 8.10. The number of nitrogens with one attached hydrogen (secondary N) is 1. The summed E-state index contributed by atoms with van der Waals surface area (Å²) in [6.45, 7) is 0.286. The van der Waals surface area contributed by atoms with Crippen LogP contribution in [0.15, 0.2) is 42.5 Å². The molecule has 0 spiro atoms. The van der Waals surface area contributed by atoms with Crippen LogP contribution in [0.1, 0.15) is 6.42 Å². The van der Waals surface area contributed by atoms with Crippen LogP contribution in [0.5, 0.6) is 11.5 Å². The van der Waals surface area contributed by atoms with Gasteiger partial charge in [0.1, 0.15) is 11.5 Å². The summed E-state index contributed by atoms with van der Waals surface area (Å²) in [6, 6.07) is 12.1. The Kier molecular flexibility index (Phi) is 5.32. The van der Waals surface area contributed by atoms with E-state index in [9.17, 15) is 9.59 Å². The molecule has 2 aromatic carbocycles. The molecule has 0 aromatic heterocycles. The molecule has 6 nitrogen and oxygen atoms in total. The third-order valence-corrected chi connectivity index (χ3v) is 4.50. The maximum Gasteiger partial charge on any atom is 0.229 e. The molecule has 1 aliphatic heterocycles. The minimum Gasteiger partial charge on any atom is -0.497 e. The molecule has 1 aliphatic rings. The highest BCUT2D eigenvalue weighted by Gasteiger charge is 2.36. The number of amides is 2. The highest BCUT2D eigenvalue weighted by atomic mass is 35.5. The van der Waals surface area contributed by atoms with Crippen LogP contribution in [0.3, 0.4) is 0 Å². The molecule has 1 N–H and O–H groups in total. The lowest BCUT2D eigenvalue weighted by atomic mass is 10.1. The Morgan fingerprint density at radius 2 is 2.00 bits per heavy atom. The average molecular weight is 375 g/mol. The van der Waals surface area contributed by atoms with Gasteiger partial charge in [0, 0.05) is 29.7 Å². The zero-order valence-corrected chi connectivity index (χ0v) is 15.2. The number of ether oxygens (including phenoxy) is 2. The number of rotatable bonds is 5. The Morgan fingerprint density at radius 3 is 2.69 bits per heavy atom. The van der Waals surface area contributed by atoms with Gasteiger partial charge in [0.05, 0.1) is 25.8 Å². The Balaban J connectivity index is 1.75. The topological polar surface area (TPSA) is 67.9 Å². The number of carbonyl (C=O) groups excluding carboxylic acids is 2. The van der Waals surface area contributed by atoms with Gasteiger partial charge in [-0.2, -0.15) is 0 Å². The summed E-state index contributed by atoms with van der Waals surface area (Å²) < 4.78 is 10.5. The Morgan fingerprint density at radius 1 is 1.19 bits per heavy atom. The molecule has 1 heterocycles. The zero-order valence-electron chi connectivity index (χ0n) is 14.5. The molecule has 0 aliphatic carbocycles. The van der Waals surface area contributed by atoms with Gasteiger partial charge in [-0.15, -0.1) is 0 Å². The maximum absolute atomic E-state index is 12.5. The smallest absolute Gasteiger partial charge is 0.229 e. The molecular formula is C19H19ClN2O4. The van der Waals surface area contributed by atoms with Gasteiger partial charge in [-0.25, -0.2) is 0 Å². The van der Waals surface area contributed by atoms with Crippen molar-refractivity contribution in [3.05, 3.63) is 47.5 Å². The van der Waals surface area contributed by atoms with Crippen LogP contribution in [-0.4, -0.2) is 32.6 Å². The second kappa shape index (κ2) is 7.66. The van der Waals surface area contributed by atoms with Gasteiger partial charge in [-0.1, -0.05) is 17.7 Å². The summed E-state index contributed by atoms with van der Waals surface area (Å²) in [4.78, 5) is 26.5. The van der Waals surface area contributed by atoms with E-state index in [2.05, 4.69) is 5.32 Å². The number of hydrogen-bond donors (Lipinski definition) is 1. The number of benzene rings is 2. The van der Waals surface area contributed by atoms with Crippen molar-refractivity contribution in [1.82, 2.24) is 0 Å². The molecule has 2 aromatic rings. The quantitative estimate of drug-likeness (QED) is 0.871. The van der Waals surface area contributed by atoms with Gasteiger partial charge in [-0.05, 0) is 30.3 Å². The van der Waals surface area contributed by atoms with Crippen molar-refractivity contribution < 1.29 is 19.1 Å².